The Bertz CT molecular complexity index is 1090. The predicted molar refractivity (Wildman–Crippen MR) is 127 cm³/mol. The van der Waals surface area contributed by atoms with Crippen molar-refractivity contribution in [2.24, 2.45) is 0 Å². The van der Waals surface area contributed by atoms with Crippen LogP contribution in [0.5, 0.6) is 11.5 Å². The monoisotopic (exact) mass is 430 g/mol. The normalized spacial score (nSPS) is 10.6. The second-order valence-corrected chi connectivity index (χ2v) is 6.90. The zero-order valence-corrected chi connectivity index (χ0v) is 18.4. The van der Waals surface area contributed by atoms with Crippen molar-refractivity contribution in [3.8, 4) is 11.5 Å². The van der Waals surface area contributed by atoms with E-state index in [1.807, 2.05) is 43.3 Å². The van der Waals surface area contributed by atoms with E-state index in [2.05, 4.69) is 5.32 Å². The van der Waals surface area contributed by atoms with Crippen molar-refractivity contribution in [3.05, 3.63) is 90.0 Å². The minimum absolute atomic E-state index is 0.0927. The fourth-order valence-corrected chi connectivity index (χ4v) is 3.22. The Morgan fingerprint density at radius 3 is 2.22 bits per heavy atom. The van der Waals surface area contributed by atoms with E-state index in [0.717, 1.165) is 11.3 Å². The molecule has 164 valence electrons. The first-order chi connectivity index (χ1) is 15.5. The van der Waals surface area contributed by atoms with Gasteiger partial charge in [0.2, 0.25) is 5.91 Å². The van der Waals surface area contributed by atoms with Crippen LogP contribution >= 0.6 is 0 Å². The number of hydrogen-bond acceptors (Lipinski definition) is 4. The van der Waals surface area contributed by atoms with Gasteiger partial charge in [0.05, 0.1) is 14.2 Å². The van der Waals surface area contributed by atoms with Gasteiger partial charge in [-0.1, -0.05) is 24.3 Å². The number of anilines is 2. The highest BCUT2D eigenvalue weighted by Gasteiger charge is 2.15. The average molecular weight is 431 g/mol. The summed E-state index contributed by atoms with van der Waals surface area (Å²) in [4.78, 5) is 26.9. The second-order valence-electron chi connectivity index (χ2n) is 6.90. The Labute approximate surface area is 188 Å². The van der Waals surface area contributed by atoms with Crippen LogP contribution in [-0.2, 0) is 4.79 Å². The average Bonchev–Trinajstić information content (AvgIpc) is 2.84. The molecule has 0 aliphatic heterocycles. The van der Waals surface area contributed by atoms with Crippen molar-refractivity contribution in [1.29, 1.82) is 0 Å². The van der Waals surface area contributed by atoms with Gasteiger partial charge >= 0.3 is 0 Å². The summed E-state index contributed by atoms with van der Waals surface area (Å²) in [5.74, 6) is 0.841. The number of para-hydroxylation sites is 1. The lowest BCUT2D eigenvalue weighted by atomic mass is 10.1. The molecule has 0 aromatic heterocycles. The molecule has 6 nitrogen and oxygen atoms in total. The number of nitrogens with one attached hydrogen (secondary N) is 1. The number of benzene rings is 3. The van der Waals surface area contributed by atoms with E-state index in [0.29, 0.717) is 29.3 Å². The summed E-state index contributed by atoms with van der Waals surface area (Å²) < 4.78 is 10.5. The van der Waals surface area contributed by atoms with Gasteiger partial charge in [-0.3, -0.25) is 9.59 Å². The third-order valence-corrected chi connectivity index (χ3v) is 4.86. The molecule has 2 amide bonds. The van der Waals surface area contributed by atoms with E-state index in [9.17, 15) is 9.59 Å². The molecule has 3 aromatic carbocycles. The molecule has 3 aromatic rings. The van der Waals surface area contributed by atoms with Crippen LogP contribution in [0.2, 0.25) is 0 Å². The van der Waals surface area contributed by atoms with Gasteiger partial charge in [0.1, 0.15) is 0 Å². The predicted octanol–water partition coefficient (Wildman–Crippen LogP) is 5.02. The number of ether oxygens (including phenoxy) is 2. The highest BCUT2D eigenvalue weighted by molar-refractivity contribution is 6.07. The van der Waals surface area contributed by atoms with Crippen molar-refractivity contribution in [1.82, 2.24) is 0 Å². The van der Waals surface area contributed by atoms with Crippen LogP contribution < -0.4 is 19.7 Å². The van der Waals surface area contributed by atoms with Crippen LogP contribution in [0.4, 0.5) is 11.4 Å². The topological polar surface area (TPSA) is 67.9 Å². The maximum absolute atomic E-state index is 12.9. The van der Waals surface area contributed by atoms with Gasteiger partial charge in [-0.25, -0.2) is 0 Å². The zero-order valence-electron chi connectivity index (χ0n) is 18.4. The number of nitrogens with zero attached hydrogens (tertiary/aromatic N) is 1. The highest BCUT2D eigenvalue weighted by atomic mass is 16.5. The minimum Gasteiger partial charge on any atom is -0.493 e. The summed E-state index contributed by atoms with van der Waals surface area (Å²) in [5.41, 5.74) is 2.80. The Balaban J connectivity index is 1.64. The zero-order chi connectivity index (χ0) is 22.9. The highest BCUT2D eigenvalue weighted by Crippen LogP contribution is 2.28. The molecule has 0 heterocycles. The quantitative estimate of drug-likeness (QED) is 0.510. The molecule has 6 heteroatoms. The molecule has 0 unspecified atom stereocenters. The van der Waals surface area contributed by atoms with E-state index >= 15 is 0 Å². The molecule has 0 saturated carbocycles. The van der Waals surface area contributed by atoms with Crippen LogP contribution in [0.15, 0.2) is 78.9 Å². The minimum atomic E-state index is -0.279. The number of carbonyl (C=O) groups is 2. The first-order valence-electron chi connectivity index (χ1n) is 10.2. The van der Waals surface area contributed by atoms with Gasteiger partial charge in [0.25, 0.3) is 5.91 Å². The van der Waals surface area contributed by atoms with Crippen molar-refractivity contribution in [2.45, 2.75) is 6.92 Å². The number of hydrogen-bond donors (Lipinski definition) is 1. The first kappa shape index (κ1) is 22.6. The summed E-state index contributed by atoms with van der Waals surface area (Å²) in [6, 6.07) is 21.8. The van der Waals surface area contributed by atoms with Gasteiger partial charge in [-0.05, 0) is 67.1 Å². The Kier molecular flexibility index (Phi) is 7.65. The van der Waals surface area contributed by atoms with Crippen molar-refractivity contribution in [2.75, 3.05) is 31.0 Å². The molecule has 0 saturated heterocycles. The molecular formula is C26H26N2O4. The molecule has 3 rings (SSSR count). The van der Waals surface area contributed by atoms with E-state index in [1.54, 1.807) is 61.6 Å². The van der Waals surface area contributed by atoms with Crippen molar-refractivity contribution in [3.63, 3.8) is 0 Å². The van der Waals surface area contributed by atoms with Gasteiger partial charge in [0, 0.05) is 29.6 Å². The largest absolute Gasteiger partial charge is 0.493 e. The first-order valence-corrected chi connectivity index (χ1v) is 10.2. The molecule has 0 spiro atoms. The van der Waals surface area contributed by atoms with Crippen molar-refractivity contribution < 1.29 is 19.1 Å². The van der Waals surface area contributed by atoms with Gasteiger partial charge in [-0.15, -0.1) is 0 Å². The van der Waals surface area contributed by atoms with E-state index < -0.39 is 0 Å². The SMILES string of the molecule is CCN(C(=O)c1ccc(NC(=O)/C=C/c2ccc(OC)c(OC)c2)cc1)c1ccccc1. The van der Waals surface area contributed by atoms with E-state index in [4.69, 9.17) is 9.47 Å². The van der Waals surface area contributed by atoms with Gasteiger partial charge < -0.3 is 19.7 Å². The van der Waals surface area contributed by atoms with Crippen molar-refractivity contribution >= 4 is 29.3 Å². The maximum Gasteiger partial charge on any atom is 0.258 e. The van der Waals surface area contributed by atoms with Crippen LogP contribution in [0.3, 0.4) is 0 Å². The Morgan fingerprint density at radius 1 is 0.906 bits per heavy atom. The fraction of sp³-hybridized carbons (Fsp3) is 0.154. The molecule has 0 bridgehead atoms. The second kappa shape index (κ2) is 10.8. The lowest BCUT2D eigenvalue weighted by Gasteiger charge is -2.21. The standard InChI is InChI=1S/C26H26N2O4/c1-4-28(22-8-6-5-7-9-22)26(30)20-12-14-21(15-13-20)27-25(29)17-11-19-10-16-23(31-2)24(18-19)32-3/h5-18H,4H2,1-3H3,(H,27,29)/b17-11+. The van der Waals surface area contributed by atoms with Gasteiger partial charge in [-0.2, -0.15) is 0 Å². The smallest absolute Gasteiger partial charge is 0.258 e. The van der Waals surface area contributed by atoms with E-state index in [-0.39, 0.29) is 11.8 Å². The Hall–Kier alpha value is -4.06. The van der Waals surface area contributed by atoms with E-state index in [1.165, 1.54) is 6.08 Å². The summed E-state index contributed by atoms with van der Waals surface area (Å²) in [7, 11) is 3.13. The molecule has 0 aliphatic rings. The molecule has 0 fully saturated rings. The molecule has 32 heavy (non-hydrogen) atoms. The molecule has 1 N–H and O–H groups in total. The molecule has 0 aliphatic carbocycles. The number of rotatable bonds is 8. The Morgan fingerprint density at radius 2 is 1.59 bits per heavy atom. The lowest BCUT2D eigenvalue weighted by Crippen LogP contribution is -2.30. The fourth-order valence-electron chi connectivity index (χ4n) is 3.22. The lowest BCUT2D eigenvalue weighted by molar-refractivity contribution is -0.111. The van der Waals surface area contributed by atoms with Crippen LogP contribution in [0.25, 0.3) is 6.08 Å². The summed E-state index contributed by atoms with van der Waals surface area (Å²) in [6.07, 6.45) is 3.13. The molecule has 0 radical (unpaired) electrons. The molecular weight excluding hydrogens is 404 g/mol. The summed E-state index contributed by atoms with van der Waals surface area (Å²) in [6.45, 7) is 2.49. The number of methoxy groups -OCH3 is 2. The van der Waals surface area contributed by atoms with Gasteiger partial charge in [0.15, 0.2) is 11.5 Å². The molecule has 0 atom stereocenters. The number of carbonyl (C=O) groups excluding carboxylic acids is 2. The van der Waals surface area contributed by atoms with Crippen LogP contribution in [-0.4, -0.2) is 32.6 Å². The maximum atomic E-state index is 12.9. The summed E-state index contributed by atoms with van der Waals surface area (Å²) in [5, 5.41) is 2.80. The summed E-state index contributed by atoms with van der Waals surface area (Å²) >= 11 is 0. The van der Waals surface area contributed by atoms with Crippen LogP contribution in [0.1, 0.15) is 22.8 Å². The van der Waals surface area contributed by atoms with Crippen LogP contribution in [0, 0.1) is 0 Å². The third kappa shape index (κ3) is 5.55. The number of amides is 2. The third-order valence-electron chi connectivity index (χ3n) is 4.86.